The zero-order chi connectivity index (χ0) is 8.97. The first-order valence-corrected chi connectivity index (χ1v) is 5.03. The summed E-state index contributed by atoms with van der Waals surface area (Å²) < 4.78 is 0. The van der Waals surface area contributed by atoms with E-state index in [1.807, 2.05) is 4.90 Å². The lowest BCUT2D eigenvalue weighted by Crippen LogP contribution is -2.39. The molecule has 0 spiro atoms. The number of nitrogens with two attached hydrogens (primary N) is 1. The molecule has 2 N–H and O–H groups in total. The Morgan fingerprint density at radius 3 is 3.00 bits per heavy atom. The number of rotatable bonds is 3. The predicted octanol–water partition coefficient (Wildman–Crippen LogP) is 0.256. The molecule has 0 aromatic carbocycles. The van der Waals surface area contributed by atoms with E-state index in [1.54, 1.807) is 0 Å². The minimum absolute atomic E-state index is 0.206. The van der Waals surface area contributed by atoms with Crippen molar-refractivity contribution in [2.75, 3.05) is 18.8 Å². The summed E-state index contributed by atoms with van der Waals surface area (Å²) >= 11 is 4.03. The van der Waals surface area contributed by atoms with E-state index in [0.717, 1.165) is 19.4 Å². The molecule has 1 amide bonds. The van der Waals surface area contributed by atoms with Gasteiger partial charge in [-0.05, 0) is 18.6 Å². The van der Waals surface area contributed by atoms with Gasteiger partial charge >= 0.3 is 0 Å². The Kier molecular flexibility index (Phi) is 3.88. The third kappa shape index (κ3) is 2.14. The van der Waals surface area contributed by atoms with Crippen molar-refractivity contribution >= 4 is 18.5 Å². The van der Waals surface area contributed by atoms with Crippen LogP contribution in [-0.4, -0.2) is 35.7 Å². The molecule has 0 radical (unpaired) electrons. The third-order valence-corrected chi connectivity index (χ3v) is 2.52. The highest BCUT2D eigenvalue weighted by molar-refractivity contribution is 7.80. The Labute approximate surface area is 78.7 Å². The smallest absolute Gasteiger partial charge is 0.223 e. The standard InChI is InChI=1S/C8H16N2OS/c9-6-7-2-1-4-10(7)8(11)3-5-12/h7,12H,1-6,9H2. The average molecular weight is 188 g/mol. The number of likely N-dealkylation sites (tertiary alicyclic amines) is 1. The summed E-state index contributed by atoms with van der Waals surface area (Å²) in [4.78, 5) is 13.3. The minimum atomic E-state index is 0.206. The molecule has 1 atom stereocenters. The number of hydrogen-bond acceptors (Lipinski definition) is 3. The van der Waals surface area contributed by atoms with Crippen LogP contribution >= 0.6 is 12.6 Å². The van der Waals surface area contributed by atoms with Crippen LogP contribution in [0.25, 0.3) is 0 Å². The van der Waals surface area contributed by atoms with Crippen LogP contribution in [0, 0.1) is 0 Å². The Morgan fingerprint density at radius 2 is 2.42 bits per heavy atom. The normalized spacial score (nSPS) is 23.2. The summed E-state index contributed by atoms with van der Waals surface area (Å²) in [6.45, 7) is 1.48. The van der Waals surface area contributed by atoms with E-state index in [-0.39, 0.29) is 11.9 Å². The van der Waals surface area contributed by atoms with Crippen LogP contribution in [0.2, 0.25) is 0 Å². The maximum Gasteiger partial charge on any atom is 0.223 e. The van der Waals surface area contributed by atoms with E-state index in [0.29, 0.717) is 18.7 Å². The molecule has 1 aliphatic rings. The van der Waals surface area contributed by atoms with E-state index < -0.39 is 0 Å². The van der Waals surface area contributed by atoms with Crippen LogP contribution in [0.3, 0.4) is 0 Å². The number of carbonyl (C=O) groups excluding carboxylic acids is 1. The second-order valence-corrected chi connectivity index (χ2v) is 3.54. The van der Waals surface area contributed by atoms with Crippen molar-refractivity contribution in [1.82, 2.24) is 4.90 Å². The van der Waals surface area contributed by atoms with Gasteiger partial charge in [-0.1, -0.05) is 0 Å². The number of carbonyl (C=O) groups is 1. The van der Waals surface area contributed by atoms with Gasteiger partial charge in [-0.25, -0.2) is 0 Å². The van der Waals surface area contributed by atoms with Crippen LogP contribution < -0.4 is 5.73 Å². The van der Waals surface area contributed by atoms with Gasteiger partial charge < -0.3 is 10.6 Å². The second kappa shape index (κ2) is 4.72. The molecule has 1 aliphatic heterocycles. The van der Waals surface area contributed by atoms with Crippen LogP contribution in [-0.2, 0) is 4.79 Å². The summed E-state index contributed by atoms with van der Waals surface area (Å²) in [7, 11) is 0. The summed E-state index contributed by atoms with van der Waals surface area (Å²) in [6.07, 6.45) is 2.70. The first kappa shape index (κ1) is 9.86. The Morgan fingerprint density at radius 1 is 1.67 bits per heavy atom. The van der Waals surface area contributed by atoms with Gasteiger partial charge in [-0.3, -0.25) is 4.79 Å². The highest BCUT2D eigenvalue weighted by atomic mass is 32.1. The van der Waals surface area contributed by atoms with Gasteiger partial charge in [0.2, 0.25) is 5.91 Å². The first-order valence-electron chi connectivity index (χ1n) is 4.40. The lowest BCUT2D eigenvalue weighted by Gasteiger charge is -2.22. The molecule has 12 heavy (non-hydrogen) atoms. The summed E-state index contributed by atoms with van der Waals surface area (Å²) in [6, 6.07) is 0.289. The monoisotopic (exact) mass is 188 g/mol. The number of hydrogen-bond donors (Lipinski definition) is 2. The molecule has 0 saturated carbocycles. The van der Waals surface area contributed by atoms with Crippen molar-refractivity contribution in [3.8, 4) is 0 Å². The van der Waals surface area contributed by atoms with E-state index in [4.69, 9.17) is 5.73 Å². The SMILES string of the molecule is NCC1CCCN1C(=O)CCS. The van der Waals surface area contributed by atoms with Crippen molar-refractivity contribution < 1.29 is 4.79 Å². The number of amides is 1. The fourth-order valence-corrected chi connectivity index (χ4v) is 1.84. The van der Waals surface area contributed by atoms with E-state index in [1.165, 1.54) is 0 Å². The summed E-state index contributed by atoms with van der Waals surface area (Å²) in [5.74, 6) is 0.838. The van der Waals surface area contributed by atoms with Gasteiger partial charge in [0.1, 0.15) is 0 Å². The van der Waals surface area contributed by atoms with Gasteiger partial charge in [0, 0.05) is 25.6 Å². The second-order valence-electron chi connectivity index (χ2n) is 3.09. The molecule has 1 rings (SSSR count). The molecule has 3 nitrogen and oxygen atoms in total. The first-order chi connectivity index (χ1) is 5.79. The Hall–Kier alpha value is -0.220. The molecule has 0 aromatic heterocycles. The molecule has 1 heterocycles. The molecular formula is C8H16N2OS. The largest absolute Gasteiger partial charge is 0.338 e. The van der Waals surface area contributed by atoms with Crippen molar-refractivity contribution in [3.63, 3.8) is 0 Å². The molecular weight excluding hydrogens is 172 g/mol. The third-order valence-electron chi connectivity index (χ3n) is 2.30. The summed E-state index contributed by atoms with van der Waals surface area (Å²) in [5, 5.41) is 0. The van der Waals surface area contributed by atoms with E-state index in [2.05, 4.69) is 12.6 Å². The van der Waals surface area contributed by atoms with Crippen LogP contribution in [0.1, 0.15) is 19.3 Å². The van der Waals surface area contributed by atoms with Gasteiger partial charge in [0.05, 0.1) is 0 Å². The molecule has 4 heteroatoms. The maximum absolute atomic E-state index is 11.4. The molecule has 0 aliphatic carbocycles. The van der Waals surface area contributed by atoms with E-state index >= 15 is 0 Å². The fourth-order valence-electron chi connectivity index (χ4n) is 1.65. The molecule has 70 valence electrons. The zero-order valence-corrected chi connectivity index (χ0v) is 8.09. The zero-order valence-electron chi connectivity index (χ0n) is 7.20. The lowest BCUT2D eigenvalue weighted by atomic mass is 10.2. The van der Waals surface area contributed by atoms with E-state index in [9.17, 15) is 4.79 Å². The highest BCUT2D eigenvalue weighted by Crippen LogP contribution is 2.16. The predicted molar refractivity (Wildman–Crippen MR) is 52.3 cm³/mol. The van der Waals surface area contributed by atoms with Crippen molar-refractivity contribution in [3.05, 3.63) is 0 Å². The van der Waals surface area contributed by atoms with Crippen molar-refractivity contribution in [2.45, 2.75) is 25.3 Å². The van der Waals surface area contributed by atoms with Crippen LogP contribution in [0.4, 0.5) is 0 Å². The topological polar surface area (TPSA) is 46.3 Å². The highest BCUT2D eigenvalue weighted by Gasteiger charge is 2.26. The molecule has 1 unspecified atom stereocenters. The average Bonchev–Trinajstić information content (AvgIpc) is 2.51. The Bertz CT molecular complexity index is 163. The number of thiol groups is 1. The van der Waals surface area contributed by atoms with Crippen LogP contribution in [0.5, 0.6) is 0 Å². The quantitative estimate of drug-likeness (QED) is 0.624. The molecule has 1 saturated heterocycles. The van der Waals surface area contributed by atoms with Crippen molar-refractivity contribution in [1.29, 1.82) is 0 Å². The minimum Gasteiger partial charge on any atom is -0.338 e. The van der Waals surface area contributed by atoms with Crippen LogP contribution in [0.15, 0.2) is 0 Å². The summed E-state index contributed by atoms with van der Waals surface area (Å²) in [5.41, 5.74) is 5.55. The van der Waals surface area contributed by atoms with Crippen molar-refractivity contribution in [2.24, 2.45) is 5.73 Å². The lowest BCUT2D eigenvalue weighted by molar-refractivity contribution is -0.131. The fraction of sp³-hybridized carbons (Fsp3) is 0.875. The Balaban J connectivity index is 2.43. The van der Waals surface area contributed by atoms with Gasteiger partial charge in [0.15, 0.2) is 0 Å². The number of nitrogens with zero attached hydrogens (tertiary/aromatic N) is 1. The van der Waals surface area contributed by atoms with Gasteiger partial charge in [0.25, 0.3) is 0 Å². The molecule has 0 bridgehead atoms. The molecule has 0 aromatic rings. The maximum atomic E-state index is 11.4. The van der Waals surface area contributed by atoms with Gasteiger partial charge in [-0.2, -0.15) is 12.6 Å². The van der Waals surface area contributed by atoms with Gasteiger partial charge in [-0.15, -0.1) is 0 Å². The molecule has 1 fully saturated rings.